The Hall–Kier alpha value is -3.49. The van der Waals surface area contributed by atoms with Crippen molar-refractivity contribution in [2.24, 2.45) is 17.8 Å². The molecule has 41 heavy (non-hydrogen) atoms. The third kappa shape index (κ3) is 6.23. The standard InChI is InChI=1S/C32H35ClN2O6/c1-19-15-23-30(32(40)35(31(23)39)14-6-2-3-8-28(37)38)24-18-41-27(29(19)24)12-10-21(26-7-4-5-13-34-26)16-20-9-11-22(36)17-25(20)33/h4-5,7,9,11,13,16-17,23-24,27,30,36H,2-3,6,8,10,12,14-15,18H2,1H3,(H,37,38)/b21-16-/t23-,24+,27-,30-/m1/s1. The Morgan fingerprint density at radius 2 is 1.95 bits per heavy atom. The largest absolute Gasteiger partial charge is 0.508 e. The molecule has 4 atom stereocenters. The predicted molar refractivity (Wildman–Crippen MR) is 155 cm³/mol. The van der Waals surface area contributed by atoms with Crippen LogP contribution in [0, 0.1) is 17.8 Å². The van der Waals surface area contributed by atoms with Crippen molar-refractivity contribution in [2.75, 3.05) is 13.2 Å². The molecule has 216 valence electrons. The average molecular weight is 579 g/mol. The number of hydrogen-bond acceptors (Lipinski definition) is 6. The number of ether oxygens (including phenoxy) is 1. The molecule has 0 unspecified atom stereocenters. The number of phenolic OH excluding ortho intramolecular Hbond substituents is 1. The average Bonchev–Trinajstić information content (AvgIpc) is 3.47. The molecule has 1 aromatic carbocycles. The maximum atomic E-state index is 13.5. The summed E-state index contributed by atoms with van der Waals surface area (Å²) in [6, 6.07) is 10.6. The molecule has 9 heteroatoms. The monoisotopic (exact) mass is 578 g/mol. The molecule has 0 spiro atoms. The number of benzene rings is 1. The number of aromatic hydroxyl groups is 1. The first-order valence-corrected chi connectivity index (χ1v) is 14.6. The molecule has 8 nitrogen and oxygen atoms in total. The zero-order chi connectivity index (χ0) is 29.1. The van der Waals surface area contributed by atoms with Crippen LogP contribution in [0.5, 0.6) is 5.75 Å². The highest BCUT2D eigenvalue weighted by molar-refractivity contribution is 6.32. The lowest BCUT2D eigenvalue weighted by molar-refractivity contribution is -0.141. The van der Waals surface area contributed by atoms with Crippen molar-refractivity contribution in [2.45, 2.75) is 58.0 Å². The summed E-state index contributed by atoms with van der Waals surface area (Å²) in [5.74, 6) is -1.81. The van der Waals surface area contributed by atoms with E-state index in [4.69, 9.17) is 21.4 Å². The van der Waals surface area contributed by atoms with E-state index in [-0.39, 0.29) is 41.9 Å². The Labute approximate surface area is 244 Å². The summed E-state index contributed by atoms with van der Waals surface area (Å²) in [5, 5.41) is 19.0. The van der Waals surface area contributed by atoms with Crippen LogP contribution < -0.4 is 0 Å². The second kappa shape index (κ2) is 12.6. The molecule has 1 aromatic heterocycles. The summed E-state index contributed by atoms with van der Waals surface area (Å²) in [7, 11) is 0. The first-order chi connectivity index (χ1) is 19.7. The van der Waals surface area contributed by atoms with E-state index in [1.165, 1.54) is 11.0 Å². The molecular weight excluding hydrogens is 544 g/mol. The third-order valence-corrected chi connectivity index (χ3v) is 8.83. The zero-order valence-corrected chi connectivity index (χ0v) is 23.8. The summed E-state index contributed by atoms with van der Waals surface area (Å²) in [5.41, 5.74) is 4.88. The van der Waals surface area contributed by atoms with Crippen LogP contribution in [0.25, 0.3) is 11.6 Å². The first-order valence-electron chi connectivity index (χ1n) is 14.2. The van der Waals surface area contributed by atoms with E-state index in [1.807, 2.05) is 24.3 Å². The van der Waals surface area contributed by atoms with Gasteiger partial charge in [-0.1, -0.05) is 29.7 Å². The number of rotatable bonds is 11. The molecule has 2 aliphatic heterocycles. The number of amides is 2. The van der Waals surface area contributed by atoms with Crippen LogP contribution in [0.4, 0.5) is 0 Å². The number of pyridine rings is 1. The molecule has 0 saturated carbocycles. The van der Waals surface area contributed by atoms with Crippen LogP contribution >= 0.6 is 11.6 Å². The molecule has 3 aliphatic rings. The quantitative estimate of drug-likeness (QED) is 0.198. The lowest BCUT2D eigenvalue weighted by Crippen LogP contribution is -2.34. The van der Waals surface area contributed by atoms with E-state index < -0.39 is 11.9 Å². The maximum absolute atomic E-state index is 13.5. The van der Waals surface area contributed by atoms with Crippen LogP contribution in [-0.4, -0.2) is 57.1 Å². The van der Waals surface area contributed by atoms with E-state index in [2.05, 4.69) is 11.9 Å². The van der Waals surface area contributed by atoms with Crippen molar-refractivity contribution in [3.8, 4) is 5.75 Å². The van der Waals surface area contributed by atoms with E-state index >= 15 is 0 Å². The Kier molecular flexibility index (Phi) is 8.90. The summed E-state index contributed by atoms with van der Waals surface area (Å²) in [6.07, 6.45) is 7.40. The van der Waals surface area contributed by atoms with E-state index in [9.17, 15) is 19.5 Å². The van der Waals surface area contributed by atoms with Crippen LogP contribution in [0.1, 0.15) is 63.1 Å². The molecule has 2 aromatic rings. The number of carboxylic acid groups (broad SMARTS) is 1. The molecule has 0 bridgehead atoms. The number of allylic oxidation sites excluding steroid dienone is 2. The summed E-state index contributed by atoms with van der Waals surface area (Å²) < 4.78 is 6.31. The Morgan fingerprint density at radius 3 is 2.68 bits per heavy atom. The summed E-state index contributed by atoms with van der Waals surface area (Å²) in [4.78, 5) is 43.4. The predicted octanol–water partition coefficient (Wildman–Crippen LogP) is 5.74. The van der Waals surface area contributed by atoms with Gasteiger partial charge in [-0.3, -0.25) is 24.3 Å². The Balaban J connectivity index is 1.29. The van der Waals surface area contributed by atoms with Crippen LogP contribution in [-0.2, 0) is 19.1 Å². The molecule has 2 N–H and O–H groups in total. The van der Waals surface area contributed by atoms with Gasteiger partial charge in [-0.15, -0.1) is 0 Å². The van der Waals surface area contributed by atoms with E-state index in [1.54, 1.807) is 18.3 Å². The molecule has 2 fully saturated rings. The van der Waals surface area contributed by atoms with Crippen molar-refractivity contribution in [3.05, 3.63) is 70.0 Å². The highest BCUT2D eigenvalue weighted by atomic mass is 35.5. The fourth-order valence-electron chi connectivity index (χ4n) is 6.57. The lowest BCUT2D eigenvalue weighted by atomic mass is 9.70. The van der Waals surface area contributed by atoms with Gasteiger partial charge in [-0.25, -0.2) is 0 Å². The highest BCUT2D eigenvalue weighted by Gasteiger charge is 2.56. The molecule has 0 radical (unpaired) electrons. The van der Waals surface area contributed by atoms with Gasteiger partial charge in [0.05, 0.1) is 35.3 Å². The smallest absolute Gasteiger partial charge is 0.303 e. The van der Waals surface area contributed by atoms with E-state index in [0.717, 1.165) is 28.0 Å². The number of aliphatic carboxylic acids is 1. The fraction of sp³-hybridized carbons (Fsp3) is 0.438. The number of fused-ring (bicyclic) bond motifs is 3. The number of nitrogens with zero attached hydrogens (tertiary/aromatic N) is 2. The van der Waals surface area contributed by atoms with Crippen molar-refractivity contribution < 1.29 is 29.3 Å². The molecule has 2 saturated heterocycles. The fourth-order valence-corrected chi connectivity index (χ4v) is 6.80. The van der Waals surface area contributed by atoms with Crippen molar-refractivity contribution in [1.29, 1.82) is 0 Å². The molecule has 1 aliphatic carbocycles. The number of carbonyl (C=O) groups is 3. The number of unbranched alkanes of at least 4 members (excludes halogenated alkanes) is 2. The number of carboxylic acids is 1. The van der Waals surface area contributed by atoms with E-state index in [0.29, 0.717) is 56.7 Å². The second-order valence-corrected chi connectivity index (χ2v) is 11.6. The SMILES string of the molecule is CC1=C2[C@@H](CC/C(=C/c3ccc(O)cc3Cl)c3ccccn3)OC[C@@H]2[C@@H]2C(=O)N(CCCCCC(=O)O)C(=O)[C@@H]2C1. The minimum Gasteiger partial charge on any atom is -0.508 e. The number of imide groups is 1. The molecule has 2 amide bonds. The highest BCUT2D eigenvalue weighted by Crippen LogP contribution is 2.50. The van der Waals surface area contributed by atoms with Crippen molar-refractivity contribution >= 4 is 41.0 Å². The van der Waals surface area contributed by atoms with Gasteiger partial charge >= 0.3 is 5.97 Å². The van der Waals surface area contributed by atoms with Gasteiger partial charge in [0, 0.05) is 25.1 Å². The van der Waals surface area contributed by atoms with Crippen LogP contribution in [0.3, 0.4) is 0 Å². The van der Waals surface area contributed by atoms with Gasteiger partial charge in [0.2, 0.25) is 11.8 Å². The second-order valence-electron chi connectivity index (χ2n) is 11.2. The van der Waals surface area contributed by atoms with Crippen molar-refractivity contribution in [3.63, 3.8) is 0 Å². The number of hydrogen-bond donors (Lipinski definition) is 2. The lowest BCUT2D eigenvalue weighted by Gasteiger charge is -2.30. The molecular formula is C32H35ClN2O6. The number of aromatic nitrogens is 1. The minimum atomic E-state index is -0.832. The zero-order valence-electron chi connectivity index (χ0n) is 23.1. The Bertz CT molecular complexity index is 1390. The summed E-state index contributed by atoms with van der Waals surface area (Å²) in [6.45, 7) is 2.81. The molecule has 5 rings (SSSR count). The van der Waals surface area contributed by atoms with Crippen LogP contribution in [0.15, 0.2) is 53.7 Å². The number of halogens is 1. The van der Waals surface area contributed by atoms with Gasteiger partial charge in [-0.2, -0.15) is 0 Å². The Morgan fingerprint density at radius 1 is 1.12 bits per heavy atom. The summed E-state index contributed by atoms with van der Waals surface area (Å²) >= 11 is 6.40. The van der Waals surface area contributed by atoms with Gasteiger partial charge in [0.1, 0.15) is 5.75 Å². The third-order valence-electron chi connectivity index (χ3n) is 8.50. The minimum absolute atomic E-state index is 0.0969. The number of phenols is 1. The number of likely N-dealkylation sites (tertiary alicyclic amines) is 1. The van der Waals surface area contributed by atoms with Crippen LogP contribution in [0.2, 0.25) is 5.02 Å². The normalized spacial score (nSPS) is 24.1. The molecule has 3 heterocycles. The first kappa shape index (κ1) is 29.0. The van der Waals surface area contributed by atoms with Gasteiger partial charge < -0.3 is 14.9 Å². The maximum Gasteiger partial charge on any atom is 0.303 e. The van der Waals surface area contributed by atoms with Gasteiger partial charge in [0.25, 0.3) is 0 Å². The van der Waals surface area contributed by atoms with Gasteiger partial charge in [0.15, 0.2) is 0 Å². The topological polar surface area (TPSA) is 117 Å². The van der Waals surface area contributed by atoms with Gasteiger partial charge in [-0.05, 0) is 92.1 Å². The number of carbonyl (C=O) groups excluding carboxylic acids is 2. The van der Waals surface area contributed by atoms with Crippen molar-refractivity contribution in [1.82, 2.24) is 9.88 Å².